The van der Waals surface area contributed by atoms with Gasteiger partial charge in [0.1, 0.15) is 17.5 Å². The Balaban J connectivity index is 1.79. The molecule has 0 N–H and O–H groups in total. The van der Waals surface area contributed by atoms with Crippen molar-refractivity contribution in [1.29, 1.82) is 0 Å². The maximum absolute atomic E-state index is 5.85. The number of fused-ring (bicyclic) bond motifs is 1. The van der Waals surface area contributed by atoms with E-state index in [2.05, 4.69) is 33.0 Å². The molecule has 0 spiro atoms. The van der Waals surface area contributed by atoms with E-state index < -0.39 is 0 Å². The largest absolute Gasteiger partial charge is 0.487 e. The number of nitrogens with zero attached hydrogens (tertiary/aromatic N) is 1. The van der Waals surface area contributed by atoms with Crippen LogP contribution in [0.1, 0.15) is 5.69 Å². The second-order valence-electron chi connectivity index (χ2n) is 4.39. The Morgan fingerprint density at radius 3 is 2.65 bits per heavy atom. The molecule has 3 aromatic rings. The van der Waals surface area contributed by atoms with Gasteiger partial charge >= 0.3 is 0 Å². The summed E-state index contributed by atoms with van der Waals surface area (Å²) in [7, 11) is 0. The Labute approximate surface area is 130 Å². The van der Waals surface area contributed by atoms with Gasteiger partial charge in [-0.25, -0.2) is 4.98 Å². The predicted molar refractivity (Wildman–Crippen MR) is 85.2 cm³/mol. The normalized spacial score (nSPS) is 10.7. The van der Waals surface area contributed by atoms with Gasteiger partial charge in [0.05, 0.1) is 5.69 Å². The van der Waals surface area contributed by atoms with Crippen LogP contribution in [0.5, 0.6) is 5.75 Å². The quantitative estimate of drug-likeness (QED) is 0.605. The van der Waals surface area contributed by atoms with Crippen molar-refractivity contribution >= 4 is 38.3 Å². The van der Waals surface area contributed by atoms with Crippen molar-refractivity contribution in [3.63, 3.8) is 0 Å². The summed E-state index contributed by atoms with van der Waals surface area (Å²) >= 11 is 9.32. The van der Waals surface area contributed by atoms with Crippen molar-refractivity contribution in [3.8, 4) is 5.75 Å². The average Bonchev–Trinajstić information content (AvgIpc) is 2.45. The highest BCUT2D eigenvalue weighted by molar-refractivity contribution is 9.10. The Bertz CT molecular complexity index is 760. The zero-order valence-electron chi connectivity index (χ0n) is 10.5. The summed E-state index contributed by atoms with van der Waals surface area (Å²) in [6.45, 7) is 0.405. The maximum atomic E-state index is 5.85. The molecule has 0 unspecified atom stereocenters. The van der Waals surface area contributed by atoms with E-state index in [9.17, 15) is 0 Å². The molecule has 100 valence electrons. The van der Waals surface area contributed by atoms with Crippen molar-refractivity contribution < 1.29 is 4.74 Å². The molecule has 3 rings (SSSR count). The second-order valence-corrected chi connectivity index (χ2v) is 5.70. The lowest BCUT2D eigenvalue weighted by molar-refractivity contribution is 0.302. The Hall–Kier alpha value is -1.58. The van der Waals surface area contributed by atoms with E-state index in [1.165, 1.54) is 5.39 Å². The first kappa shape index (κ1) is 13.4. The predicted octanol–water partition coefficient (Wildman–Crippen LogP) is 5.23. The van der Waals surface area contributed by atoms with Gasteiger partial charge in [0.25, 0.3) is 0 Å². The van der Waals surface area contributed by atoms with Gasteiger partial charge in [-0.15, -0.1) is 0 Å². The number of rotatable bonds is 3. The third kappa shape index (κ3) is 3.11. The molecule has 1 heterocycles. The van der Waals surface area contributed by atoms with Gasteiger partial charge < -0.3 is 4.74 Å². The van der Waals surface area contributed by atoms with Crippen molar-refractivity contribution in [2.45, 2.75) is 6.61 Å². The Morgan fingerprint density at radius 1 is 1.00 bits per heavy atom. The number of benzene rings is 2. The third-order valence-corrected chi connectivity index (χ3v) is 3.64. The molecule has 0 atom stereocenters. The molecule has 2 aromatic carbocycles. The molecule has 0 saturated heterocycles. The van der Waals surface area contributed by atoms with E-state index in [1.807, 2.05) is 36.4 Å². The molecule has 2 nitrogen and oxygen atoms in total. The molecule has 0 amide bonds. The minimum Gasteiger partial charge on any atom is -0.487 e. The van der Waals surface area contributed by atoms with E-state index >= 15 is 0 Å². The molecule has 0 bridgehead atoms. The number of hydrogen-bond acceptors (Lipinski definition) is 2. The monoisotopic (exact) mass is 347 g/mol. The van der Waals surface area contributed by atoms with Gasteiger partial charge in [-0.2, -0.15) is 0 Å². The van der Waals surface area contributed by atoms with E-state index in [0.717, 1.165) is 21.3 Å². The van der Waals surface area contributed by atoms with Gasteiger partial charge in [-0.1, -0.05) is 45.7 Å². The first-order chi connectivity index (χ1) is 9.70. The van der Waals surface area contributed by atoms with E-state index in [4.69, 9.17) is 16.3 Å². The highest BCUT2D eigenvalue weighted by atomic mass is 79.9. The number of ether oxygens (including phenoxy) is 1. The molecule has 0 aliphatic rings. The molecular formula is C16H11BrClNO. The van der Waals surface area contributed by atoms with Gasteiger partial charge in [0.2, 0.25) is 0 Å². The van der Waals surface area contributed by atoms with Crippen LogP contribution in [-0.2, 0) is 6.61 Å². The second kappa shape index (κ2) is 5.81. The van der Waals surface area contributed by atoms with Crippen LogP contribution in [0.25, 0.3) is 10.8 Å². The summed E-state index contributed by atoms with van der Waals surface area (Å²) in [6, 6.07) is 17.7. The molecular weight excluding hydrogens is 338 g/mol. The lowest BCUT2D eigenvalue weighted by Crippen LogP contribution is -1.98. The molecule has 0 radical (unpaired) electrons. The first-order valence-corrected chi connectivity index (χ1v) is 7.31. The van der Waals surface area contributed by atoms with Gasteiger partial charge in [0, 0.05) is 4.47 Å². The minimum absolute atomic E-state index is 0.405. The summed E-state index contributed by atoms with van der Waals surface area (Å²) in [5.74, 6) is 0.821. The van der Waals surface area contributed by atoms with Crippen molar-refractivity contribution in [3.05, 3.63) is 69.9 Å². The van der Waals surface area contributed by atoms with Crippen LogP contribution < -0.4 is 4.74 Å². The highest BCUT2D eigenvalue weighted by Gasteiger charge is 2.01. The number of aromatic nitrogens is 1. The average molecular weight is 349 g/mol. The number of halogens is 2. The van der Waals surface area contributed by atoms with Gasteiger partial charge in [-0.3, -0.25) is 0 Å². The summed E-state index contributed by atoms with van der Waals surface area (Å²) in [6.07, 6.45) is 0. The molecule has 0 aliphatic carbocycles. The summed E-state index contributed by atoms with van der Waals surface area (Å²) < 4.78 is 6.82. The number of pyridine rings is 1. The molecule has 0 fully saturated rings. The van der Waals surface area contributed by atoms with E-state index in [1.54, 1.807) is 6.07 Å². The van der Waals surface area contributed by atoms with E-state index in [0.29, 0.717) is 11.8 Å². The fourth-order valence-electron chi connectivity index (χ4n) is 1.97. The van der Waals surface area contributed by atoms with Crippen LogP contribution in [0.2, 0.25) is 5.15 Å². The van der Waals surface area contributed by atoms with Gasteiger partial charge in [-0.05, 0) is 47.2 Å². The third-order valence-electron chi connectivity index (χ3n) is 2.93. The lowest BCUT2D eigenvalue weighted by Gasteiger charge is -2.07. The number of hydrogen-bond donors (Lipinski definition) is 0. The van der Waals surface area contributed by atoms with Gasteiger partial charge in [0.15, 0.2) is 0 Å². The van der Waals surface area contributed by atoms with E-state index in [-0.39, 0.29) is 0 Å². The molecule has 0 aliphatic heterocycles. The lowest BCUT2D eigenvalue weighted by atomic mass is 10.1. The fraction of sp³-hybridized carbons (Fsp3) is 0.0625. The van der Waals surface area contributed by atoms with Crippen molar-refractivity contribution in [2.75, 3.05) is 0 Å². The van der Waals surface area contributed by atoms with Crippen LogP contribution in [0.4, 0.5) is 0 Å². The maximum Gasteiger partial charge on any atom is 0.130 e. The minimum atomic E-state index is 0.405. The Kier molecular flexibility index (Phi) is 3.90. The molecule has 20 heavy (non-hydrogen) atoms. The van der Waals surface area contributed by atoms with Crippen LogP contribution in [0, 0.1) is 0 Å². The summed E-state index contributed by atoms with van der Waals surface area (Å²) in [5.41, 5.74) is 0.813. The molecule has 0 saturated carbocycles. The standard InChI is InChI=1S/C16H11BrClNO/c17-13-6-4-12-9-15(7-5-11(12)8-13)20-10-14-2-1-3-16(18)19-14/h1-9H,10H2. The molecule has 1 aromatic heterocycles. The zero-order chi connectivity index (χ0) is 13.9. The van der Waals surface area contributed by atoms with Crippen LogP contribution in [-0.4, -0.2) is 4.98 Å². The van der Waals surface area contributed by atoms with Crippen molar-refractivity contribution in [2.24, 2.45) is 0 Å². The fourth-order valence-corrected chi connectivity index (χ4v) is 2.53. The highest BCUT2D eigenvalue weighted by Crippen LogP contribution is 2.24. The van der Waals surface area contributed by atoms with Crippen molar-refractivity contribution in [1.82, 2.24) is 4.98 Å². The first-order valence-electron chi connectivity index (χ1n) is 6.14. The topological polar surface area (TPSA) is 22.1 Å². The Morgan fingerprint density at radius 2 is 1.80 bits per heavy atom. The summed E-state index contributed by atoms with van der Waals surface area (Å²) in [4.78, 5) is 4.20. The SMILES string of the molecule is Clc1cccc(COc2ccc3cc(Br)ccc3c2)n1. The zero-order valence-corrected chi connectivity index (χ0v) is 12.9. The smallest absolute Gasteiger partial charge is 0.130 e. The van der Waals surface area contributed by atoms with Crippen LogP contribution >= 0.6 is 27.5 Å². The summed E-state index contributed by atoms with van der Waals surface area (Å²) in [5, 5.41) is 2.80. The van der Waals surface area contributed by atoms with Crippen LogP contribution in [0.3, 0.4) is 0 Å². The van der Waals surface area contributed by atoms with Crippen LogP contribution in [0.15, 0.2) is 59.1 Å². The molecule has 4 heteroatoms.